The second-order valence-electron chi connectivity index (χ2n) is 3.66. The fourth-order valence-electron chi connectivity index (χ4n) is 1.34. The van der Waals surface area contributed by atoms with E-state index in [1.807, 2.05) is 0 Å². The van der Waals surface area contributed by atoms with Gasteiger partial charge >= 0.3 is 0 Å². The van der Waals surface area contributed by atoms with Gasteiger partial charge in [0, 0.05) is 27.3 Å². The predicted octanol–water partition coefficient (Wildman–Crippen LogP) is -0.479. The number of methoxy groups -OCH3 is 2. The molecule has 0 aliphatic rings. The van der Waals surface area contributed by atoms with Gasteiger partial charge in [-0.2, -0.15) is 4.31 Å². The maximum Gasteiger partial charge on any atom is 0.214 e. The van der Waals surface area contributed by atoms with E-state index in [1.165, 1.54) is 4.31 Å². The average molecular weight is 268 g/mol. The van der Waals surface area contributed by atoms with Crippen LogP contribution in [-0.4, -0.2) is 72.6 Å². The Bertz CT molecular complexity index is 261. The van der Waals surface area contributed by atoms with Crippen LogP contribution in [0.1, 0.15) is 6.42 Å². The number of nitrogens with zero attached hydrogens (tertiary/aromatic N) is 1. The second-order valence-corrected chi connectivity index (χ2v) is 5.75. The number of sulfonamides is 1. The van der Waals surface area contributed by atoms with E-state index in [0.717, 1.165) is 0 Å². The predicted molar refractivity (Wildman–Crippen MR) is 67.7 cm³/mol. The zero-order valence-corrected chi connectivity index (χ0v) is 11.8. The zero-order chi connectivity index (χ0) is 13.1. The molecule has 0 spiro atoms. The number of hydrogen-bond donors (Lipinski definition) is 1. The molecule has 6 nitrogen and oxygen atoms in total. The van der Waals surface area contributed by atoms with Crippen LogP contribution in [0.5, 0.6) is 0 Å². The van der Waals surface area contributed by atoms with Crippen LogP contribution in [0.2, 0.25) is 0 Å². The monoisotopic (exact) mass is 268 g/mol. The molecule has 0 unspecified atom stereocenters. The van der Waals surface area contributed by atoms with Crippen molar-refractivity contribution in [3.05, 3.63) is 0 Å². The van der Waals surface area contributed by atoms with Gasteiger partial charge in [-0.25, -0.2) is 8.42 Å². The van der Waals surface area contributed by atoms with Gasteiger partial charge in [-0.15, -0.1) is 0 Å². The lowest BCUT2D eigenvalue weighted by molar-refractivity contribution is 0.150. The highest BCUT2D eigenvalue weighted by molar-refractivity contribution is 7.89. The lowest BCUT2D eigenvalue weighted by Crippen LogP contribution is -2.38. The highest BCUT2D eigenvalue weighted by atomic mass is 32.2. The minimum Gasteiger partial charge on any atom is -0.383 e. The molecule has 0 atom stereocenters. The molecule has 0 radical (unpaired) electrons. The van der Waals surface area contributed by atoms with E-state index in [4.69, 9.17) is 9.47 Å². The maximum absolute atomic E-state index is 12.0. The van der Waals surface area contributed by atoms with E-state index < -0.39 is 10.0 Å². The van der Waals surface area contributed by atoms with Crippen molar-refractivity contribution in [2.24, 2.45) is 0 Å². The van der Waals surface area contributed by atoms with Gasteiger partial charge in [-0.05, 0) is 20.0 Å². The Kier molecular flexibility index (Phi) is 9.66. The molecule has 0 aliphatic carbocycles. The zero-order valence-electron chi connectivity index (χ0n) is 10.9. The minimum atomic E-state index is -3.21. The van der Waals surface area contributed by atoms with Crippen molar-refractivity contribution >= 4 is 10.0 Å². The van der Waals surface area contributed by atoms with E-state index >= 15 is 0 Å². The van der Waals surface area contributed by atoms with E-state index in [2.05, 4.69) is 5.32 Å². The topological polar surface area (TPSA) is 67.9 Å². The SMILES string of the molecule is CNCCCS(=O)(=O)N(CCOC)CCOC. The summed E-state index contributed by atoms with van der Waals surface area (Å²) in [5.41, 5.74) is 0. The van der Waals surface area contributed by atoms with Crippen LogP contribution in [-0.2, 0) is 19.5 Å². The first kappa shape index (κ1) is 16.8. The van der Waals surface area contributed by atoms with Crippen LogP contribution in [0.25, 0.3) is 0 Å². The van der Waals surface area contributed by atoms with E-state index in [9.17, 15) is 8.42 Å². The molecule has 0 amide bonds. The molecular formula is C10H24N2O4S. The molecule has 0 aromatic carbocycles. The van der Waals surface area contributed by atoms with Crippen LogP contribution in [0.4, 0.5) is 0 Å². The van der Waals surface area contributed by atoms with Crippen molar-refractivity contribution in [3.8, 4) is 0 Å². The molecule has 0 aromatic rings. The molecule has 0 saturated heterocycles. The molecule has 0 fully saturated rings. The molecule has 7 heteroatoms. The summed E-state index contributed by atoms with van der Waals surface area (Å²) in [5, 5.41) is 2.93. The molecule has 0 aliphatic heterocycles. The summed E-state index contributed by atoms with van der Waals surface area (Å²) in [6, 6.07) is 0. The first-order chi connectivity index (χ1) is 8.08. The Labute approximate surface area is 104 Å². The summed E-state index contributed by atoms with van der Waals surface area (Å²) in [4.78, 5) is 0. The fraction of sp³-hybridized carbons (Fsp3) is 1.00. The summed E-state index contributed by atoms with van der Waals surface area (Å²) in [5.74, 6) is 0.154. The van der Waals surface area contributed by atoms with E-state index in [-0.39, 0.29) is 5.75 Å². The average Bonchev–Trinajstić information content (AvgIpc) is 2.29. The molecule has 1 N–H and O–H groups in total. The van der Waals surface area contributed by atoms with Gasteiger partial charge in [0.15, 0.2) is 0 Å². The van der Waals surface area contributed by atoms with Crippen molar-refractivity contribution in [1.82, 2.24) is 9.62 Å². The first-order valence-corrected chi connectivity index (χ1v) is 7.29. The normalized spacial score (nSPS) is 12.2. The Hall–Kier alpha value is -0.210. The Morgan fingerprint density at radius 2 is 1.65 bits per heavy atom. The summed E-state index contributed by atoms with van der Waals surface area (Å²) >= 11 is 0. The maximum atomic E-state index is 12.0. The number of hydrogen-bond acceptors (Lipinski definition) is 5. The quantitative estimate of drug-likeness (QED) is 0.513. The van der Waals surface area contributed by atoms with Gasteiger partial charge < -0.3 is 14.8 Å². The third-order valence-corrected chi connectivity index (χ3v) is 4.27. The Balaban J connectivity index is 4.30. The third-order valence-electron chi connectivity index (χ3n) is 2.31. The third kappa shape index (κ3) is 7.67. The van der Waals surface area contributed by atoms with Crippen LogP contribution < -0.4 is 5.32 Å². The highest BCUT2D eigenvalue weighted by Crippen LogP contribution is 2.03. The molecule has 0 bridgehead atoms. The van der Waals surface area contributed by atoms with Gasteiger partial charge in [0.25, 0.3) is 0 Å². The van der Waals surface area contributed by atoms with Crippen LogP contribution in [0, 0.1) is 0 Å². The highest BCUT2D eigenvalue weighted by Gasteiger charge is 2.20. The van der Waals surface area contributed by atoms with Crippen molar-refractivity contribution in [1.29, 1.82) is 0 Å². The van der Waals surface area contributed by atoms with Gasteiger partial charge in [0.05, 0.1) is 19.0 Å². The van der Waals surface area contributed by atoms with Crippen molar-refractivity contribution in [2.75, 3.05) is 59.9 Å². The smallest absolute Gasteiger partial charge is 0.214 e. The minimum absolute atomic E-state index is 0.154. The van der Waals surface area contributed by atoms with Gasteiger partial charge in [-0.3, -0.25) is 0 Å². The number of nitrogens with one attached hydrogen (secondary N) is 1. The molecule has 0 rings (SSSR count). The Morgan fingerprint density at radius 3 is 2.06 bits per heavy atom. The summed E-state index contributed by atoms with van der Waals surface area (Å²) < 4.78 is 35.3. The number of ether oxygens (including phenoxy) is 2. The van der Waals surface area contributed by atoms with E-state index in [1.54, 1.807) is 21.3 Å². The number of rotatable bonds is 11. The standard InChI is InChI=1S/C10H24N2O4S/c1-11-5-4-10-17(13,14)12(6-8-15-2)7-9-16-3/h11H,4-10H2,1-3H3. The van der Waals surface area contributed by atoms with Crippen LogP contribution in [0.15, 0.2) is 0 Å². The molecule has 17 heavy (non-hydrogen) atoms. The molecule has 0 heterocycles. The lowest BCUT2D eigenvalue weighted by Gasteiger charge is -2.21. The lowest BCUT2D eigenvalue weighted by atomic mass is 10.5. The first-order valence-electron chi connectivity index (χ1n) is 5.68. The van der Waals surface area contributed by atoms with Gasteiger partial charge in [0.2, 0.25) is 10.0 Å². The van der Waals surface area contributed by atoms with Gasteiger partial charge in [0.1, 0.15) is 0 Å². The molecule has 0 aromatic heterocycles. The summed E-state index contributed by atoms with van der Waals surface area (Å²) in [7, 11) is 1.72. The van der Waals surface area contributed by atoms with Crippen LogP contribution >= 0.6 is 0 Å². The molecule has 104 valence electrons. The molecular weight excluding hydrogens is 244 g/mol. The Morgan fingerprint density at radius 1 is 1.12 bits per heavy atom. The summed E-state index contributed by atoms with van der Waals surface area (Å²) in [6.45, 7) is 2.25. The summed E-state index contributed by atoms with van der Waals surface area (Å²) in [6.07, 6.45) is 0.606. The molecule has 0 saturated carbocycles. The van der Waals surface area contributed by atoms with Crippen molar-refractivity contribution in [2.45, 2.75) is 6.42 Å². The van der Waals surface area contributed by atoms with Crippen molar-refractivity contribution < 1.29 is 17.9 Å². The van der Waals surface area contributed by atoms with Crippen LogP contribution in [0.3, 0.4) is 0 Å². The van der Waals surface area contributed by atoms with E-state index in [0.29, 0.717) is 39.3 Å². The van der Waals surface area contributed by atoms with Gasteiger partial charge in [-0.1, -0.05) is 0 Å². The second kappa shape index (κ2) is 9.78. The largest absolute Gasteiger partial charge is 0.383 e. The fourth-order valence-corrected chi connectivity index (χ4v) is 2.81. The van der Waals surface area contributed by atoms with Crippen molar-refractivity contribution in [3.63, 3.8) is 0 Å².